The molecule has 3 aliphatic rings. The van der Waals surface area contributed by atoms with E-state index in [1.54, 1.807) is 23.7 Å². The summed E-state index contributed by atoms with van der Waals surface area (Å²) < 4.78 is -0.599. The molecule has 0 aromatic heterocycles. The lowest BCUT2D eigenvalue weighted by Gasteiger charge is -2.39. The predicted molar refractivity (Wildman–Crippen MR) is 113 cm³/mol. The molecule has 29 heavy (non-hydrogen) atoms. The molecule has 0 aromatic rings. The van der Waals surface area contributed by atoms with Crippen LogP contribution in [0.2, 0.25) is 0 Å². The highest BCUT2D eigenvalue weighted by atomic mass is 32.2. The molecule has 3 rings (SSSR count). The molecule has 0 radical (unpaired) electrons. The molecule has 1 spiro atoms. The normalized spacial score (nSPS) is 34.5. The van der Waals surface area contributed by atoms with Crippen molar-refractivity contribution < 1.29 is 19.5 Å². The van der Waals surface area contributed by atoms with E-state index >= 15 is 0 Å². The number of nitrogens with zero attached hydrogens (tertiary/aromatic N) is 1. The zero-order valence-electron chi connectivity index (χ0n) is 18.3. The number of fused-ring (bicyclic) bond motifs is 1. The van der Waals surface area contributed by atoms with Gasteiger partial charge in [0.05, 0.1) is 29.2 Å². The molecule has 3 aliphatic heterocycles. The van der Waals surface area contributed by atoms with Crippen LogP contribution in [0.5, 0.6) is 0 Å². The maximum Gasteiger partial charge on any atom is 0.244 e. The van der Waals surface area contributed by atoms with Crippen LogP contribution in [0.3, 0.4) is 0 Å². The summed E-state index contributed by atoms with van der Waals surface area (Å²) in [4.78, 5) is 41.5. The molecule has 7 nitrogen and oxygen atoms in total. The molecule has 0 saturated carbocycles. The van der Waals surface area contributed by atoms with Crippen molar-refractivity contribution in [3.05, 3.63) is 0 Å². The van der Waals surface area contributed by atoms with Crippen molar-refractivity contribution in [2.75, 3.05) is 13.7 Å². The zero-order chi connectivity index (χ0) is 21.7. The number of carbonyl (C=O) groups is 3. The molecule has 0 aromatic carbocycles. The third-order valence-corrected chi connectivity index (χ3v) is 8.33. The van der Waals surface area contributed by atoms with E-state index in [0.717, 1.165) is 12.8 Å². The quantitative estimate of drug-likeness (QED) is 0.593. The third kappa shape index (κ3) is 3.67. The second-order valence-electron chi connectivity index (χ2n) is 10.1. The molecule has 6 atom stereocenters. The molecule has 0 aliphatic carbocycles. The highest BCUT2D eigenvalue weighted by Crippen LogP contribution is 2.66. The lowest BCUT2D eigenvalue weighted by Crippen LogP contribution is -2.59. The lowest BCUT2D eigenvalue weighted by molar-refractivity contribution is -0.143. The molecule has 3 saturated heterocycles. The number of amides is 3. The maximum atomic E-state index is 13.7. The van der Waals surface area contributed by atoms with Gasteiger partial charge in [-0.1, -0.05) is 13.8 Å². The fraction of sp³-hybridized carbons (Fsp3) is 0.857. The summed E-state index contributed by atoms with van der Waals surface area (Å²) in [5, 5.41) is 16.0. The minimum atomic E-state index is -0.667. The van der Waals surface area contributed by atoms with Gasteiger partial charge in [-0.05, 0) is 46.0 Å². The lowest BCUT2D eigenvalue weighted by atomic mass is 9.70. The first-order valence-electron chi connectivity index (χ1n) is 10.6. The molecule has 3 heterocycles. The molecule has 164 valence electrons. The number of rotatable bonds is 6. The summed E-state index contributed by atoms with van der Waals surface area (Å²) >= 11 is 1.65. The standard InChI is InChI=1S/C21H35N3O4S/c1-11(2)9-12(10-25)24-16(18(27)23-20(3,4)5)21-8-7-13(29-21)14(17(26)22-6)15(21)19(24)28/h11-16,25H,7-10H2,1-6H3,(H,22,26)(H,23,27)/t12-,13+,14-,15+,16?,21?/m1/s1. The first-order valence-corrected chi connectivity index (χ1v) is 11.5. The largest absolute Gasteiger partial charge is 0.394 e. The molecular formula is C21H35N3O4S. The number of hydrogen-bond donors (Lipinski definition) is 3. The minimum absolute atomic E-state index is 0.0636. The van der Waals surface area contributed by atoms with Crippen molar-refractivity contribution in [2.45, 2.75) is 81.5 Å². The van der Waals surface area contributed by atoms with Gasteiger partial charge in [-0.2, -0.15) is 0 Å². The topological polar surface area (TPSA) is 98.7 Å². The number of hydrogen-bond acceptors (Lipinski definition) is 5. The minimum Gasteiger partial charge on any atom is -0.394 e. The van der Waals surface area contributed by atoms with Gasteiger partial charge >= 0.3 is 0 Å². The van der Waals surface area contributed by atoms with Crippen LogP contribution in [0.4, 0.5) is 0 Å². The third-order valence-electron chi connectivity index (χ3n) is 6.38. The van der Waals surface area contributed by atoms with Crippen molar-refractivity contribution >= 4 is 29.5 Å². The summed E-state index contributed by atoms with van der Waals surface area (Å²) in [6.07, 6.45) is 2.18. The summed E-state index contributed by atoms with van der Waals surface area (Å²) in [5.74, 6) is -1.11. The van der Waals surface area contributed by atoms with Crippen molar-refractivity contribution in [1.29, 1.82) is 0 Å². The van der Waals surface area contributed by atoms with Crippen LogP contribution in [-0.4, -0.2) is 69.0 Å². The fourth-order valence-electron chi connectivity index (χ4n) is 5.51. The van der Waals surface area contributed by atoms with E-state index in [9.17, 15) is 19.5 Å². The Morgan fingerprint density at radius 3 is 2.48 bits per heavy atom. The Labute approximate surface area is 177 Å². The van der Waals surface area contributed by atoms with E-state index < -0.39 is 34.2 Å². The van der Waals surface area contributed by atoms with Crippen molar-refractivity contribution in [3.8, 4) is 0 Å². The summed E-state index contributed by atoms with van der Waals surface area (Å²) in [6, 6.07) is -1.09. The summed E-state index contributed by atoms with van der Waals surface area (Å²) in [6.45, 7) is 9.66. The van der Waals surface area contributed by atoms with Gasteiger partial charge in [-0.3, -0.25) is 14.4 Å². The monoisotopic (exact) mass is 425 g/mol. The maximum absolute atomic E-state index is 13.7. The van der Waals surface area contributed by atoms with E-state index in [-0.39, 0.29) is 35.5 Å². The Kier molecular flexibility index (Phi) is 6.00. The van der Waals surface area contributed by atoms with E-state index in [2.05, 4.69) is 10.6 Å². The van der Waals surface area contributed by atoms with Crippen molar-refractivity contribution in [2.24, 2.45) is 17.8 Å². The SMILES string of the molecule is CNC(=O)[C@@H]1[C@@H]2CCC3(S2)C(C(=O)NC(C)(C)C)N([C@@H](CO)CC(C)C)C(=O)[C@H]13. The predicted octanol–water partition coefficient (Wildman–Crippen LogP) is 1.15. The van der Waals surface area contributed by atoms with Crippen molar-refractivity contribution in [1.82, 2.24) is 15.5 Å². The van der Waals surface area contributed by atoms with Gasteiger partial charge in [0.15, 0.2) is 0 Å². The van der Waals surface area contributed by atoms with Gasteiger partial charge in [0.2, 0.25) is 17.7 Å². The Hall–Kier alpha value is -1.28. The average Bonchev–Trinajstić information content (AvgIpc) is 3.24. The number of likely N-dealkylation sites (tertiary alicyclic amines) is 1. The first kappa shape index (κ1) is 22.4. The van der Waals surface area contributed by atoms with Crippen LogP contribution < -0.4 is 10.6 Å². The smallest absolute Gasteiger partial charge is 0.244 e. The van der Waals surface area contributed by atoms with Crippen LogP contribution in [0, 0.1) is 17.8 Å². The number of thioether (sulfide) groups is 1. The van der Waals surface area contributed by atoms with E-state index in [1.165, 1.54) is 0 Å². The van der Waals surface area contributed by atoms with Gasteiger partial charge < -0.3 is 20.6 Å². The first-order chi connectivity index (χ1) is 13.5. The Morgan fingerprint density at radius 2 is 1.97 bits per heavy atom. The van der Waals surface area contributed by atoms with Gasteiger partial charge in [0.1, 0.15) is 6.04 Å². The molecule has 2 unspecified atom stereocenters. The van der Waals surface area contributed by atoms with E-state index in [0.29, 0.717) is 6.42 Å². The Bertz CT molecular complexity index is 692. The summed E-state index contributed by atoms with van der Waals surface area (Å²) in [7, 11) is 1.60. The molecule has 8 heteroatoms. The second-order valence-corrected chi connectivity index (χ2v) is 11.7. The Morgan fingerprint density at radius 1 is 1.31 bits per heavy atom. The Balaban J connectivity index is 2.06. The molecular weight excluding hydrogens is 390 g/mol. The van der Waals surface area contributed by atoms with Crippen LogP contribution in [0.15, 0.2) is 0 Å². The van der Waals surface area contributed by atoms with E-state index in [1.807, 2.05) is 34.6 Å². The van der Waals surface area contributed by atoms with Crippen LogP contribution in [-0.2, 0) is 14.4 Å². The summed E-state index contributed by atoms with van der Waals surface area (Å²) in [5.41, 5.74) is -0.436. The van der Waals surface area contributed by atoms with Gasteiger partial charge in [0, 0.05) is 17.8 Å². The van der Waals surface area contributed by atoms with Crippen LogP contribution in [0.25, 0.3) is 0 Å². The molecule has 2 bridgehead atoms. The molecule has 3 N–H and O–H groups in total. The van der Waals surface area contributed by atoms with E-state index in [4.69, 9.17) is 0 Å². The molecule has 3 fully saturated rings. The fourth-order valence-corrected chi connectivity index (χ4v) is 7.71. The number of nitrogens with one attached hydrogen (secondary N) is 2. The number of carbonyl (C=O) groups excluding carboxylic acids is 3. The second kappa shape index (κ2) is 7.76. The van der Waals surface area contributed by atoms with Crippen LogP contribution in [0.1, 0.15) is 53.9 Å². The highest BCUT2D eigenvalue weighted by molar-refractivity contribution is 8.02. The highest BCUT2D eigenvalue weighted by Gasteiger charge is 2.74. The van der Waals surface area contributed by atoms with Gasteiger partial charge in [-0.15, -0.1) is 11.8 Å². The van der Waals surface area contributed by atoms with Crippen molar-refractivity contribution in [3.63, 3.8) is 0 Å². The average molecular weight is 426 g/mol. The number of aliphatic hydroxyl groups is 1. The molecule has 3 amide bonds. The van der Waals surface area contributed by atoms with Gasteiger partial charge in [-0.25, -0.2) is 0 Å². The zero-order valence-corrected chi connectivity index (χ0v) is 19.1. The van der Waals surface area contributed by atoms with Crippen LogP contribution >= 0.6 is 11.8 Å². The van der Waals surface area contributed by atoms with Gasteiger partial charge in [0.25, 0.3) is 0 Å². The number of aliphatic hydroxyl groups excluding tert-OH is 1.